The minimum atomic E-state index is -0.274. The van der Waals surface area contributed by atoms with Gasteiger partial charge in [0, 0.05) is 0 Å². The van der Waals surface area contributed by atoms with E-state index in [0.717, 1.165) is 0 Å². The molecule has 1 heterocycles. The van der Waals surface area contributed by atoms with Gasteiger partial charge < -0.3 is 9.84 Å². The summed E-state index contributed by atoms with van der Waals surface area (Å²) >= 11 is 0. The molecule has 0 saturated heterocycles. The zero-order valence-corrected chi connectivity index (χ0v) is 5.70. The van der Waals surface area contributed by atoms with E-state index < -0.39 is 0 Å². The largest absolute Gasteiger partial charge is 0.364 e. The Bertz CT molecular complexity index is 271. The Labute approximate surface area is 63.6 Å². The standard InChI is InChI=1S/C7H6N2O2/c1-2-3-8-7(10)6-4-9-11-5-6/h1,4-5H,3H2,(H,8,10). The van der Waals surface area contributed by atoms with E-state index in [1.54, 1.807) is 0 Å². The second kappa shape index (κ2) is 3.42. The highest BCUT2D eigenvalue weighted by atomic mass is 16.5. The van der Waals surface area contributed by atoms with Crippen LogP contribution in [0, 0.1) is 12.3 Å². The molecular weight excluding hydrogens is 144 g/mol. The summed E-state index contributed by atoms with van der Waals surface area (Å²) in [6.07, 6.45) is 7.51. The summed E-state index contributed by atoms with van der Waals surface area (Å²) in [6, 6.07) is 0. The minimum Gasteiger partial charge on any atom is -0.364 e. The van der Waals surface area contributed by atoms with Crippen molar-refractivity contribution in [3.8, 4) is 12.3 Å². The van der Waals surface area contributed by atoms with Gasteiger partial charge in [-0.15, -0.1) is 6.42 Å². The van der Waals surface area contributed by atoms with Crippen LogP contribution < -0.4 is 5.32 Å². The summed E-state index contributed by atoms with van der Waals surface area (Å²) in [7, 11) is 0. The van der Waals surface area contributed by atoms with Crippen LogP contribution >= 0.6 is 0 Å². The van der Waals surface area contributed by atoms with Gasteiger partial charge in [0.2, 0.25) is 0 Å². The summed E-state index contributed by atoms with van der Waals surface area (Å²) in [4.78, 5) is 11.0. The molecule has 0 aliphatic heterocycles. The lowest BCUT2D eigenvalue weighted by atomic mass is 10.3. The second-order valence-electron chi connectivity index (χ2n) is 1.80. The van der Waals surface area contributed by atoms with E-state index in [1.807, 2.05) is 0 Å². The van der Waals surface area contributed by atoms with Gasteiger partial charge in [-0.3, -0.25) is 4.79 Å². The zero-order chi connectivity index (χ0) is 8.10. The highest BCUT2D eigenvalue weighted by Gasteiger charge is 2.04. The Kier molecular flexibility index (Phi) is 2.28. The average molecular weight is 150 g/mol. The van der Waals surface area contributed by atoms with Gasteiger partial charge in [-0.25, -0.2) is 0 Å². The van der Waals surface area contributed by atoms with Gasteiger partial charge >= 0.3 is 0 Å². The lowest BCUT2D eigenvalue weighted by Crippen LogP contribution is -2.22. The Balaban J connectivity index is 2.51. The number of rotatable bonds is 2. The third-order valence-corrected chi connectivity index (χ3v) is 1.05. The van der Waals surface area contributed by atoms with Crippen LogP contribution in [0.5, 0.6) is 0 Å². The monoisotopic (exact) mass is 150 g/mol. The van der Waals surface area contributed by atoms with E-state index in [9.17, 15) is 4.79 Å². The summed E-state index contributed by atoms with van der Waals surface area (Å²) < 4.78 is 4.45. The van der Waals surface area contributed by atoms with Crippen molar-refractivity contribution in [1.29, 1.82) is 0 Å². The van der Waals surface area contributed by atoms with Crippen LogP contribution in [0.2, 0.25) is 0 Å². The molecule has 0 bridgehead atoms. The Morgan fingerprint density at radius 1 is 1.91 bits per heavy atom. The van der Waals surface area contributed by atoms with E-state index in [-0.39, 0.29) is 12.5 Å². The first-order valence-electron chi connectivity index (χ1n) is 2.95. The maximum Gasteiger partial charge on any atom is 0.256 e. The number of aromatic nitrogens is 1. The van der Waals surface area contributed by atoms with Crippen molar-refractivity contribution in [2.24, 2.45) is 0 Å². The molecule has 4 heteroatoms. The molecule has 1 aromatic rings. The van der Waals surface area contributed by atoms with Crippen LogP contribution in [0.15, 0.2) is 17.0 Å². The minimum absolute atomic E-state index is 0.212. The quantitative estimate of drug-likeness (QED) is 0.605. The molecule has 0 aliphatic carbocycles. The van der Waals surface area contributed by atoms with Gasteiger partial charge in [-0.05, 0) is 0 Å². The molecule has 56 valence electrons. The molecule has 0 aliphatic rings. The van der Waals surface area contributed by atoms with Crippen molar-refractivity contribution >= 4 is 5.91 Å². The van der Waals surface area contributed by atoms with E-state index in [1.165, 1.54) is 12.5 Å². The van der Waals surface area contributed by atoms with Crippen LogP contribution in [0.25, 0.3) is 0 Å². The molecule has 0 fully saturated rings. The van der Waals surface area contributed by atoms with Gasteiger partial charge in [-0.2, -0.15) is 0 Å². The molecule has 0 saturated carbocycles. The fourth-order valence-corrected chi connectivity index (χ4v) is 0.550. The molecule has 0 radical (unpaired) electrons. The Morgan fingerprint density at radius 2 is 2.73 bits per heavy atom. The van der Waals surface area contributed by atoms with E-state index >= 15 is 0 Å². The number of amides is 1. The second-order valence-corrected chi connectivity index (χ2v) is 1.80. The maximum absolute atomic E-state index is 11.0. The summed E-state index contributed by atoms with van der Waals surface area (Å²) in [5, 5.41) is 5.82. The maximum atomic E-state index is 11.0. The van der Waals surface area contributed by atoms with Crippen LogP contribution in [-0.4, -0.2) is 17.6 Å². The lowest BCUT2D eigenvalue weighted by molar-refractivity contribution is 0.0958. The SMILES string of the molecule is C#CCNC(=O)c1cnoc1. The van der Waals surface area contributed by atoms with Crippen LogP contribution in [0.3, 0.4) is 0 Å². The molecule has 0 spiro atoms. The number of carbonyl (C=O) groups is 1. The molecular formula is C7H6N2O2. The van der Waals surface area contributed by atoms with Gasteiger partial charge in [0.25, 0.3) is 5.91 Å². The number of nitrogens with one attached hydrogen (secondary N) is 1. The summed E-state index contributed by atoms with van der Waals surface area (Å²) in [5.41, 5.74) is 0.375. The van der Waals surface area contributed by atoms with Gasteiger partial charge in [0.15, 0.2) is 0 Å². The molecule has 0 atom stereocenters. The van der Waals surface area contributed by atoms with Crippen molar-refractivity contribution < 1.29 is 9.32 Å². The highest BCUT2D eigenvalue weighted by Crippen LogP contribution is 1.94. The number of hydrogen-bond acceptors (Lipinski definition) is 3. The van der Waals surface area contributed by atoms with Gasteiger partial charge in [0.05, 0.1) is 18.3 Å². The predicted molar refractivity (Wildman–Crippen MR) is 37.7 cm³/mol. The third kappa shape index (κ3) is 1.83. The number of terminal acetylenes is 1. The topological polar surface area (TPSA) is 55.1 Å². The number of hydrogen-bond donors (Lipinski definition) is 1. The van der Waals surface area contributed by atoms with Crippen LogP contribution in [-0.2, 0) is 0 Å². The number of nitrogens with zero attached hydrogens (tertiary/aromatic N) is 1. The molecule has 1 rings (SSSR count). The Morgan fingerprint density at radius 3 is 3.27 bits per heavy atom. The molecule has 1 N–H and O–H groups in total. The molecule has 0 unspecified atom stereocenters. The van der Waals surface area contributed by atoms with Crippen molar-refractivity contribution in [2.75, 3.05) is 6.54 Å². The van der Waals surface area contributed by atoms with Crippen LogP contribution in [0.4, 0.5) is 0 Å². The number of carbonyl (C=O) groups excluding carboxylic acids is 1. The van der Waals surface area contributed by atoms with E-state index in [4.69, 9.17) is 6.42 Å². The van der Waals surface area contributed by atoms with Gasteiger partial charge in [0.1, 0.15) is 6.26 Å². The van der Waals surface area contributed by atoms with Crippen molar-refractivity contribution in [1.82, 2.24) is 10.5 Å². The van der Waals surface area contributed by atoms with Gasteiger partial charge in [-0.1, -0.05) is 11.1 Å². The van der Waals surface area contributed by atoms with Crippen molar-refractivity contribution in [3.63, 3.8) is 0 Å². The van der Waals surface area contributed by atoms with E-state index in [0.29, 0.717) is 5.56 Å². The average Bonchev–Trinajstić information content (AvgIpc) is 2.52. The molecule has 1 aromatic heterocycles. The third-order valence-electron chi connectivity index (χ3n) is 1.05. The smallest absolute Gasteiger partial charge is 0.256 e. The van der Waals surface area contributed by atoms with Crippen molar-refractivity contribution in [3.05, 3.63) is 18.0 Å². The van der Waals surface area contributed by atoms with E-state index in [2.05, 4.69) is 20.9 Å². The first kappa shape index (κ1) is 7.35. The summed E-state index contributed by atoms with van der Waals surface area (Å²) in [6.45, 7) is 0.212. The Hall–Kier alpha value is -1.76. The first-order valence-corrected chi connectivity index (χ1v) is 2.95. The first-order chi connectivity index (χ1) is 5.34. The fourth-order valence-electron chi connectivity index (χ4n) is 0.550. The normalized spacial score (nSPS) is 8.64. The van der Waals surface area contributed by atoms with Crippen LogP contribution in [0.1, 0.15) is 10.4 Å². The molecule has 0 aromatic carbocycles. The summed E-state index contributed by atoms with van der Waals surface area (Å²) in [5.74, 6) is 2.00. The molecule has 4 nitrogen and oxygen atoms in total. The molecule has 11 heavy (non-hydrogen) atoms. The van der Waals surface area contributed by atoms with Crippen molar-refractivity contribution in [2.45, 2.75) is 0 Å². The zero-order valence-electron chi connectivity index (χ0n) is 5.70. The fraction of sp³-hybridized carbons (Fsp3) is 0.143. The molecule has 1 amide bonds. The lowest BCUT2D eigenvalue weighted by Gasteiger charge is -1.94. The predicted octanol–water partition coefficient (Wildman–Crippen LogP) is 0.0376. The highest BCUT2D eigenvalue weighted by molar-refractivity contribution is 5.93.